The minimum absolute atomic E-state index is 0.240. The highest BCUT2D eigenvalue weighted by molar-refractivity contribution is 5.72. The number of benzene rings is 1. The Balaban J connectivity index is 1.36. The Morgan fingerprint density at radius 1 is 1.14 bits per heavy atom. The van der Waals surface area contributed by atoms with Crippen LogP contribution in [-0.4, -0.2) is 67.4 Å². The van der Waals surface area contributed by atoms with Crippen molar-refractivity contribution in [3.05, 3.63) is 41.6 Å². The number of nitrogens with one attached hydrogen (secondary N) is 2. The summed E-state index contributed by atoms with van der Waals surface area (Å²) in [5, 5.41) is 6.95. The van der Waals surface area contributed by atoms with E-state index in [0.29, 0.717) is 0 Å². The molecular formula is C22H29N5O. The van der Waals surface area contributed by atoms with Gasteiger partial charge in [-0.05, 0) is 43.5 Å². The molecule has 0 saturated carbocycles. The third kappa shape index (κ3) is 3.41. The van der Waals surface area contributed by atoms with Gasteiger partial charge in [-0.15, -0.1) is 0 Å². The lowest BCUT2D eigenvalue weighted by atomic mass is 9.64. The molecule has 3 aliphatic rings. The van der Waals surface area contributed by atoms with Gasteiger partial charge >= 0.3 is 0 Å². The first-order valence-corrected chi connectivity index (χ1v) is 10.5. The van der Waals surface area contributed by atoms with E-state index in [-0.39, 0.29) is 5.41 Å². The zero-order valence-electron chi connectivity index (χ0n) is 16.4. The van der Waals surface area contributed by atoms with Gasteiger partial charge < -0.3 is 15.4 Å². The molecule has 1 aromatic carbocycles. The monoisotopic (exact) mass is 379 g/mol. The molecule has 1 aromatic heterocycles. The molecule has 3 heterocycles. The van der Waals surface area contributed by atoms with E-state index in [1.54, 1.807) is 0 Å². The lowest BCUT2D eigenvalue weighted by Gasteiger charge is -2.42. The fourth-order valence-electron chi connectivity index (χ4n) is 4.97. The minimum atomic E-state index is 0.240. The third-order valence-corrected chi connectivity index (χ3v) is 6.52. The molecular weight excluding hydrogens is 350 g/mol. The summed E-state index contributed by atoms with van der Waals surface area (Å²) in [6, 6.07) is 8.87. The van der Waals surface area contributed by atoms with Gasteiger partial charge in [0.1, 0.15) is 0 Å². The van der Waals surface area contributed by atoms with Crippen molar-refractivity contribution in [3.8, 4) is 11.3 Å². The lowest BCUT2D eigenvalue weighted by Crippen LogP contribution is -2.43. The molecule has 28 heavy (non-hydrogen) atoms. The van der Waals surface area contributed by atoms with Gasteiger partial charge in [-0.3, -0.25) is 4.90 Å². The average molecular weight is 380 g/mol. The molecule has 2 saturated heterocycles. The van der Waals surface area contributed by atoms with E-state index in [2.05, 4.69) is 51.0 Å². The van der Waals surface area contributed by atoms with Crippen LogP contribution < -0.4 is 10.6 Å². The molecule has 6 heteroatoms. The van der Waals surface area contributed by atoms with E-state index < -0.39 is 0 Å². The van der Waals surface area contributed by atoms with E-state index in [9.17, 15) is 0 Å². The Morgan fingerprint density at radius 3 is 2.82 bits per heavy atom. The van der Waals surface area contributed by atoms with E-state index >= 15 is 0 Å². The van der Waals surface area contributed by atoms with Crippen LogP contribution in [0.1, 0.15) is 24.0 Å². The molecule has 1 spiro atoms. The number of morpholine rings is 1. The van der Waals surface area contributed by atoms with E-state index in [1.165, 1.54) is 29.5 Å². The van der Waals surface area contributed by atoms with Gasteiger partial charge in [0.15, 0.2) is 0 Å². The largest absolute Gasteiger partial charge is 0.379 e. The zero-order valence-corrected chi connectivity index (χ0v) is 16.4. The molecule has 0 amide bonds. The van der Waals surface area contributed by atoms with Gasteiger partial charge in [-0.25, -0.2) is 9.97 Å². The van der Waals surface area contributed by atoms with Crippen LogP contribution in [0.2, 0.25) is 0 Å². The Labute approximate surface area is 166 Å². The highest BCUT2D eigenvalue weighted by Crippen LogP contribution is 2.46. The van der Waals surface area contributed by atoms with E-state index in [0.717, 1.165) is 70.5 Å². The number of rotatable bonds is 4. The van der Waals surface area contributed by atoms with Crippen LogP contribution in [0, 0.1) is 0 Å². The molecule has 6 nitrogen and oxygen atoms in total. The summed E-state index contributed by atoms with van der Waals surface area (Å²) in [5.74, 6) is 0.739. The van der Waals surface area contributed by atoms with Crippen molar-refractivity contribution in [2.75, 3.05) is 57.8 Å². The highest BCUT2D eigenvalue weighted by Gasteiger charge is 2.40. The SMILES string of the molecule is c1ccc2c(c1)-c1nc(NCCN3CCOCC3)ncc1CC21CCNCC1. The lowest BCUT2D eigenvalue weighted by molar-refractivity contribution is 0.0398. The first kappa shape index (κ1) is 18.0. The second-order valence-corrected chi connectivity index (χ2v) is 8.20. The van der Waals surface area contributed by atoms with Crippen molar-refractivity contribution in [1.29, 1.82) is 0 Å². The summed E-state index contributed by atoms with van der Waals surface area (Å²) in [5.41, 5.74) is 5.41. The van der Waals surface area contributed by atoms with Crippen molar-refractivity contribution < 1.29 is 4.74 Å². The smallest absolute Gasteiger partial charge is 0.223 e. The van der Waals surface area contributed by atoms with Gasteiger partial charge in [-0.1, -0.05) is 24.3 Å². The molecule has 0 unspecified atom stereocenters. The van der Waals surface area contributed by atoms with E-state index in [1.807, 2.05) is 0 Å². The second-order valence-electron chi connectivity index (χ2n) is 8.20. The fourth-order valence-corrected chi connectivity index (χ4v) is 4.97. The summed E-state index contributed by atoms with van der Waals surface area (Å²) in [6.07, 6.45) is 5.47. The number of aromatic nitrogens is 2. The maximum atomic E-state index is 5.42. The Kier molecular flexibility index (Phi) is 5.01. The summed E-state index contributed by atoms with van der Waals surface area (Å²) in [6.45, 7) is 7.73. The molecule has 2 aromatic rings. The van der Waals surface area contributed by atoms with Crippen LogP contribution in [0.5, 0.6) is 0 Å². The van der Waals surface area contributed by atoms with Crippen molar-refractivity contribution in [3.63, 3.8) is 0 Å². The predicted molar refractivity (Wildman–Crippen MR) is 111 cm³/mol. The van der Waals surface area contributed by atoms with Crippen LogP contribution in [0.25, 0.3) is 11.3 Å². The Hall–Kier alpha value is -2.02. The first-order chi connectivity index (χ1) is 13.8. The number of piperidine rings is 1. The van der Waals surface area contributed by atoms with Gasteiger partial charge in [0.2, 0.25) is 5.95 Å². The van der Waals surface area contributed by atoms with E-state index in [4.69, 9.17) is 9.72 Å². The third-order valence-electron chi connectivity index (χ3n) is 6.52. The molecule has 0 radical (unpaired) electrons. The van der Waals surface area contributed by atoms with Crippen LogP contribution in [0.15, 0.2) is 30.5 Å². The maximum absolute atomic E-state index is 5.42. The summed E-state index contributed by atoms with van der Waals surface area (Å²) >= 11 is 0. The number of hydrogen-bond donors (Lipinski definition) is 2. The first-order valence-electron chi connectivity index (χ1n) is 10.5. The van der Waals surface area contributed by atoms with Gasteiger partial charge in [0.25, 0.3) is 0 Å². The maximum Gasteiger partial charge on any atom is 0.223 e. The summed E-state index contributed by atoms with van der Waals surface area (Å²) < 4.78 is 5.42. The fraction of sp³-hybridized carbons (Fsp3) is 0.545. The normalized spacial score (nSPS) is 21.1. The van der Waals surface area contributed by atoms with Crippen molar-refractivity contribution in [2.24, 2.45) is 0 Å². The topological polar surface area (TPSA) is 62.3 Å². The van der Waals surface area contributed by atoms with Crippen LogP contribution >= 0.6 is 0 Å². The molecule has 1 aliphatic carbocycles. The number of nitrogens with zero attached hydrogens (tertiary/aromatic N) is 3. The molecule has 0 bridgehead atoms. The number of ether oxygens (including phenoxy) is 1. The predicted octanol–water partition coefficient (Wildman–Crippen LogP) is 2.06. The van der Waals surface area contributed by atoms with Gasteiger partial charge in [0, 0.05) is 43.4 Å². The summed E-state index contributed by atoms with van der Waals surface area (Å²) in [7, 11) is 0. The number of hydrogen-bond acceptors (Lipinski definition) is 6. The Bertz CT molecular complexity index is 827. The number of fused-ring (bicyclic) bond motifs is 4. The zero-order chi connectivity index (χ0) is 18.8. The Morgan fingerprint density at radius 2 is 1.96 bits per heavy atom. The number of anilines is 1. The van der Waals surface area contributed by atoms with Gasteiger partial charge in [-0.2, -0.15) is 0 Å². The van der Waals surface area contributed by atoms with Crippen LogP contribution in [0.4, 0.5) is 5.95 Å². The van der Waals surface area contributed by atoms with Crippen molar-refractivity contribution in [2.45, 2.75) is 24.7 Å². The quantitative estimate of drug-likeness (QED) is 0.848. The standard InChI is InChI=1S/C22H29N5O/c1-2-4-19-18(3-1)20-17(15-22(19)5-7-23-8-6-22)16-25-21(26-20)24-9-10-27-11-13-28-14-12-27/h1-4,16,23H,5-15H2,(H,24,25,26). The van der Waals surface area contributed by atoms with Crippen LogP contribution in [0.3, 0.4) is 0 Å². The molecule has 0 atom stereocenters. The molecule has 148 valence electrons. The molecule has 2 N–H and O–H groups in total. The molecule has 2 aliphatic heterocycles. The van der Waals surface area contributed by atoms with Crippen LogP contribution in [-0.2, 0) is 16.6 Å². The highest BCUT2D eigenvalue weighted by atomic mass is 16.5. The van der Waals surface area contributed by atoms with Crippen molar-refractivity contribution >= 4 is 5.95 Å². The average Bonchev–Trinajstić information content (AvgIpc) is 2.76. The minimum Gasteiger partial charge on any atom is -0.379 e. The van der Waals surface area contributed by atoms with Crippen molar-refractivity contribution in [1.82, 2.24) is 20.2 Å². The summed E-state index contributed by atoms with van der Waals surface area (Å²) in [4.78, 5) is 12.0. The second kappa shape index (κ2) is 7.78. The van der Waals surface area contributed by atoms with Gasteiger partial charge in [0.05, 0.1) is 18.9 Å². The molecule has 5 rings (SSSR count). The molecule has 2 fully saturated rings.